The maximum Gasteiger partial charge on any atom is 0.235 e. The van der Waals surface area contributed by atoms with Crippen LogP contribution in [-0.4, -0.2) is 26.4 Å². The fraction of sp³-hybridized carbons (Fsp3) is 0.500. The van der Waals surface area contributed by atoms with E-state index in [4.69, 9.17) is 0 Å². The average molecular weight is 500 g/mol. The third-order valence-corrected chi connectivity index (χ3v) is 9.48. The summed E-state index contributed by atoms with van der Waals surface area (Å²) < 4.78 is 2.11. The van der Waals surface area contributed by atoms with Gasteiger partial charge in [0.1, 0.15) is 11.1 Å². The summed E-state index contributed by atoms with van der Waals surface area (Å²) in [5, 5.41) is 25.2. The Hall–Kier alpha value is -2.15. The second kappa shape index (κ2) is 10.4. The Morgan fingerprint density at radius 2 is 2.18 bits per heavy atom. The SMILES string of the molecule is CCCn1c(SCC(=O)Nc2sc3c(c2C#N)CCC(CC)C3)nnc1-c1csc(C)c1C. The number of aromatic nitrogens is 3. The molecule has 1 N–H and O–H groups in total. The van der Waals surface area contributed by atoms with Crippen LogP contribution in [0.15, 0.2) is 10.5 Å². The molecule has 174 valence electrons. The van der Waals surface area contributed by atoms with Crippen LogP contribution in [0.5, 0.6) is 0 Å². The third kappa shape index (κ3) is 4.88. The van der Waals surface area contributed by atoms with Gasteiger partial charge in [0.25, 0.3) is 0 Å². The summed E-state index contributed by atoms with van der Waals surface area (Å²) in [5.41, 5.74) is 4.14. The maximum atomic E-state index is 12.8. The van der Waals surface area contributed by atoms with Crippen LogP contribution in [0.2, 0.25) is 0 Å². The quantitative estimate of drug-likeness (QED) is 0.372. The summed E-state index contributed by atoms with van der Waals surface area (Å²) in [7, 11) is 0. The third-order valence-electron chi connectivity index (χ3n) is 6.33. The zero-order chi connectivity index (χ0) is 23.5. The van der Waals surface area contributed by atoms with Crippen LogP contribution >= 0.6 is 34.4 Å². The van der Waals surface area contributed by atoms with Crippen LogP contribution in [0.1, 0.15) is 59.6 Å². The molecule has 0 fully saturated rings. The number of rotatable bonds is 8. The number of anilines is 1. The minimum absolute atomic E-state index is 0.114. The van der Waals surface area contributed by atoms with E-state index in [1.54, 1.807) is 22.7 Å². The van der Waals surface area contributed by atoms with E-state index in [-0.39, 0.29) is 11.7 Å². The van der Waals surface area contributed by atoms with Gasteiger partial charge >= 0.3 is 0 Å². The molecule has 4 rings (SSSR count). The van der Waals surface area contributed by atoms with Crippen LogP contribution in [-0.2, 0) is 24.2 Å². The van der Waals surface area contributed by atoms with Crippen molar-refractivity contribution >= 4 is 45.3 Å². The average Bonchev–Trinajstić information content (AvgIpc) is 3.47. The molecule has 0 bridgehead atoms. The predicted octanol–water partition coefficient (Wildman–Crippen LogP) is 6.21. The van der Waals surface area contributed by atoms with E-state index in [1.165, 1.54) is 27.1 Å². The second-order valence-electron chi connectivity index (χ2n) is 8.46. The van der Waals surface area contributed by atoms with E-state index >= 15 is 0 Å². The Morgan fingerprint density at radius 1 is 1.36 bits per heavy atom. The first kappa shape index (κ1) is 24.0. The molecule has 1 atom stereocenters. The zero-order valence-electron chi connectivity index (χ0n) is 19.5. The molecule has 0 aliphatic heterocycles. The van der Waals surface area contributed by atoms with E-state index in [0.717, 1.165) is 60.8 Å². The highest BCUT2D eigenvalue weighted by Crippen LogP contribution is 2.40. The molecular formula is C24H29N5OS3. The van der Waals surface area contributed by atoms with Gasteiger partial charge in [0, 0.05) is 27.2 Å². The van der Waals surface area contributed by atoms with Crippen LogP contribution in [0.25, 0.3) is 11.4 Å². The fourth-order valence-corrected chi connectivity index (χ4v) is 7.21. The van der Waals surface area contributed by atoms with Crippen LogP contribution in [0.4, 0.5) is 5.00 Å². The van der Waals surface area contributed by atoms with Crippen molar-refractivity contribution in [1.82, 2.24) is 14.8 Å². The van der Waals surface area contributed by atoms with Crippen molar-refractivity contribution in [3.63, 3.8) is 0 Å². The molecule has 0 saturated heterocycles. The van der Waals surface area contributed by atoms with Gasteiger partial charge in [0.05, 0.1) is 11.3 Å². The van der Waals surface area contributed by atoms with Crippen molar-refractivity contribution < 1.29 is 4.79 Å². The molecule has 33 heavy (non-hydrogen) atoms. The first-order chi connectivity index (χ1) is 16.0. The topological polar surface area (TPSA) is 83.6 Å². The largest absolute Gasteiger partial charge is 0.316 e. The van der Waals surface area contributed by atoms with Crippen LogP contribution in [0.3, 0.4) is 0 Å². The molecule has 3 aromatic heterocycles. The van der Waals surface area contributed by atoms with Crippen molar-refractivity contribution in [2.45, 2.75) is 71.5 Å². The first-order valence-corrected chi connectivity index (χ1v) is 14.1. The lowest BCUT2D eigenvalue weighted by molar-refractivity contribution is -0.113. The number of carbonyl (C=O) groups excluding carboxylic acids is 1. The summed E-state index contributed by atoms with van der Waals surface area (Å²) in [4.78, 5) is 15.3. The van der Waals surface area contributed by atoms with Crippen molar-refractivity contribution in [2.75, 3.05) is 11.1 Å². The normalized spacial score (nSPS) is 15.3. The number of fused-ring (bicyclic) bond motifs is 1. The summed E-state index contributed by atoms with van der Waals surface area (Å²) in [6, 6.07) is 2.33. The molecule has 3 aromatic rings. The Labute approximate surface area is 207 Å². The van der Waals surface area contributed by atoms with Crippen LogP contribution in [0, 0.1) is 31.1 Å². The Balaban J connectivity index is 1.47. The van der Waals surface area contributed by atoms with E-state index in [9.17, 15) is 10.1 Å². The predicted molar refractivity (Wildman–Crippen MR) is 137 cm³/mol. The minimum atomic E-state index is -0.114. The number of hydrogen-bond acceptors (Lipinski definition) is 7. The highest BCUT2D eigenvalue weighted by atomic mass is 32.2. The van der Waals surface area contributed by atoms with E-state index in [2.05, 4.69) is 59.2 Å². The number of nitrogens with zero attached hydrogens (tertiary/aromatic N) is 4. The smallest absolute Gasteiger partial charge is 0.235 e. The summed E-state index contributed by atoms with van der Waals surface area (Å²) in [6.45, 7) is 9.38. The lowest BCUT2D eigenvalue weighted by Crippen LogP contribution is -2.15. The monoisotopic (exact) mass is 499 g/mol. The summed E-state index contributed by atoms with van der Waals surface area (Å²) in [6.07, 6.45) is 5.18. The fourth-order valence-electron chi connectivity index (χ4n) is 4.26. The molecule has 0 radical (unpaired) electrons. The molecule has 9 heteroatoms. The van der Waals surface area contributed by atoms with Crippen molar-refractivity contribution in [3.05, 3.63) is 31.8 Å². The van der Waals surface area contributed by atoms with Crippen molar-refractivity contribution in [1.29, 1.82) is 5.26 Å². The summed E-state index contributed by atoms with van der Waals surface area (Å²) in [5.74, 6) is 1.66. The second-order valence-corrected chi connectivity index (χ2v) is 11.6. The lowest BCUT2D eigenvalue weighted by atomic mass is 9.86. The molecule has 0 spiro atoms. The first-order valence-electron chi connectivity index (χ1n) is 11.4. The van der Waals surface area contributed by atoms with Gasteiger partial charge in [-0.1, -0.05) is 32.0 Å². The Morgan fingerprint density at radius 3 is 2.85 bits per heavy atom. The van der Waals surface area contributed by atoms with Gasteiger partial charge in [-0.15, -0.1) is 32.9 Å². The molecule has 1 aliphatic carbocycles. The van der Waals surface area contributed by atoms with Gasteiger partial charge in [-0.25, -0.2) is 0 Å². The summed E-state index contributed by atoms with van der Waals surface area (Å²) >= 11 is 4.69. The molecule has 3 heterocycles. The molecule has 0 saturated carbocycles. The highest BCUT2D eigenvalue weighted by molar-refractivity contribution is 7.99. The number of nitriles is 1. The Kier molecular flexibility index (Phi) is 7.57. The van der Waals surface area contributed by atoms with Gasteiger partial charge in [-0.05, 0) is 56.6 Å². The van der Waals surface area contributed by atoms with Gasteiger partial charge in [0.15, 0.2) is 11.0 Å². The number of hydrogen-bond donors (Lipinski definition) is 1. The van der Waals surface area contributed by atoms with Gasteiger partial charge in [-0.3, -0.25) is 4.79 Å². The zero-order valence-corrected chi connectivity index (χ0v) is 22.0. The number of thiophene rings is 2. The number of aryl methyl sites for hydroxylation is 1. The van der Waals surface area contributed by atoms with Gasteiger partial charge in [-0.2, -0.15) is 5.26 Å². The van der Waals surface area contributed by atoms with Crippen LogP contribution < -0.4 is 5.32 Å². The highest BCUT2D eigenvalue weighted by Gasteiger charge is 2.26. The van der Waals surface area contributed by atoms with E-state index in [1.807, 2.05) is 0 Å². The standard InChI is InChI=1S/C24H29N5OS3/c1-5-9-29-22(19-12-31-15(4)14(19)3)27-28-24(29)32-13-21(30)26-23-18(11-25)17-8-7-16(6-2)10-20(17)33-23/h12,16H,5-10,13H2,1-4H3,(H,26,30). The minimum Gasteiger partial charge on any atom is -0.316 e. The molecule has 6 nitrogen and oxygen atoms in total. The van der Waals surface area contributed by atoms with Gasteiger partial charge < -0.3 is 9.88 Å². The molecule has 0 aromatic carbocycles. The molecule has 1 aliphatic rings. The number of carbonyl (C=O) groups is 1. The van der Waals surface area contributed by atoms with Gasteiger partial charge in [0.2, 0.25) is 5.91 Å². The van der Waals surface area contributed by atoms with Crippen molar-refractivity contribution in [3.8, 4) is 17.5 Å². The maximum absolute atomic E-state index is 12.8. The molecular weight excluding hydrogens is 470 g/mol. The van der Waals surface area contributed by atoms with E-state index in [0.29, 0.717) is 16.5 Å². The van der Waals surface area contributed by atoms with E-state index < -0.39 is 0 Å². The molecule has 1 amide bonds. The number of thioether (sulfide) groups is 1. The van der Waals surface area contributed by atoms with Crippen molar-refractivity contribution in [2.24, 2.45) is 5.92 Å². The number of nitrogens with one attached hydrogen (secondary N) is 1. The Bertz CT molecular complexity index is 1200. The number of amides is 1. The lowest BCUT2D eigenvalue weighted by Gasteiger charge is -2.20. The molecule has 1 unspecified atom stereocenters.